The molecule has 1 aliphatic heterocycles. The molecule has 6 nitrogen and oxygen atoms in total. The van der Waals surface area contributed by atoms with E-state index in [1.54, 1.807) is 29.2 Å². The Labute approximate surface area is 150 Å². The summed E-state index contributed by atoms with van der Waals surface area (Å²) >= 11 is 0. The minimum atomic E-state index is -1.28. The van der Waals surface area contributed by atoms with Gasteiger partial charge in [0.2, 0.25) is 5.91 Å². The Balaban J connectivity index is 1.48. The second-order valence-corrected chi connectivity index (χ2v) is 6.75. The number of carbonyl (C=O) groups is 3. The van der Waals surface area contributed by atoms with Crippen molar-refractivity contribution in [2.75, 3.05) is 16.8 Å². The van der Waals surface area contributed by atoms with Crippen molar-refractivity contribution in [3.05, 3.63) is 59.7 Å². The largest absolute Gasteiger partial charge is 0.480 e. The van der Waals surface area contributed by atoms with E-state index in [1.165, 1.54) is 0 Å². The van der Waals surface area contributed by atoms with Crippen LogP contribution in [-0.2, 0) is 16.0 Å². The van der Waals surface area contributed by atoms with Crippen LogP contribution in [0.5, 0.6) is 0 Å². The lowest BCUT2D eigenvalue weighted by atomic mass is 10.1. The van der Waals surface area contributed by atoms with Gasteiger partial charge in [-0.1, -0.05) is 18.2 Å². The molecule has 0 unspecified atom stereocenters. The van der Waals surface area contributed by atoms with Crippen LogP contribution in [0.2, 0.25) is 0 Å². The topological polar surface area (TPSA) is 86.7 Å². The summed E-state index contributed by atoms with van der Waals surface area (Å²) in [6.07, 6.45) is 1.56. The first-order chi connectivity index (χ1) is 12.5. The highest BCUT2D eigenvalue weighted by Crippen LogP contribution is 2.46. The molecule has 6 heteroatoms. The van der Waals surface area contributed by atoms with E-state index in [0.29, 0.717) is 30.6 Å². The van der Waals surface area contributed by atoms with Gasteiger partial charge in [0.25, 0.3) is 5.91 Å². The summed E-state index contributed by atoms with van der Waals surface area (Å²) in [5.74, 6) is -1.68. The average molecular weight is 350 g/mol. The van der Waals surface area contributed by atoms with Gasteiger partial charge in [-0.25, -0.2) is 0 Å². The lowest BCUT2D eigenvalue weighted by Crippen LogP contribution is -2.31. The maximum absolute atomic E-state index is 12.8. The molecule has 0 saturated heterocycles. The molecular formula is C20H18N2O4. The highest BCUT2D eigenvalue weighted by atomic mass is 16.4. The van der Waals surface area contributed by atoms with Gasteiger partial charge in [-0.15, -0.1) is 0 Å². The molecule has 2 aromatic rings. The van der Waals surface area contributed by atoms with Gasteiger partial charge in [0.05, 0.1) is 0 Å². The fourth-order valence-electron chi connectivity index (χ4n) is 3.31. The summed E-state index contributed by atoms with van der Waals surface area (Å²) in [6, 6.07) is 14.4. The van der Waals surface area contributed by atoms with Gasteiger partial charge >= 0.3 is 5.97 Å². The van der Waals surface area contributed by atoms with Crippen molar-refractivity contribution in [1.82, 2.24) is 0 Å². The van der Waals surface area contributed by atoms with Crippen LogP contribution in [0, 0.1) is 5.41 Å². The number of hydrogen-bond acceptors (Lipinski definition) is 3. The lowest BCUT2D eigenvalue weighted by Gasteiger charge is -2.17. The molecule has 2 N–H and O–H groups in total. The molecule has 0 spiro atoms. The minimum Gasteiger partial charge on any atom is -0.480 e. The molecule has 2 aromatic carbocycles. The smallest absolute Gasteiger partial charge is 0.319 e. The predicted octanol–water partition coefficient (Wildman–Crippen LogP) is 2.69. The number of rotatable bonds is 4. The summed E-state index contributed by atoms with van der Waals surface area (Å²) in [7, 11) is 0. The van der Waals surface area contributed by atoms with Gasteiger partial charge in [0.1, 0.15) is 5.41 Å². The Kier molecular flexibility index (Phi) is 3.76. The van der Waals surface area contributed by atoms with Crippen LogP contribution in [0.25, 0.3) is 0 Å². The second kappa shape index (κ2) is 5.98. The molecule has 4 rings (SSSR count). The molecule has 0 atom stereocenters. The van der Waals surface area contributed by atoms with E-state index in [0.717, 1.165) is 17.7 Å². The molecule has 1 fully saturated rings. The van der Waals surface area contributed by atoms with E-state index in [4.69, 9.17) is 5.11 Å². The third kappa shape index (κ3) is 2.63. The number of anilines is 2. The SMILES string of the molecule is O=C(c1ccc(NC(=O)C2(C(=O)O)CC2)cc1)N1CCc2ccccc21. The van der Waals surface area contributed by atoms with E-state index < -0.39 is 17.3 Å². The van der Waals surface area contributed by atoms with E-state index in [1.807, 2.05) is 24.3 Å². The van der Waals surface area contributed by atoms with E-state index >= 15 is 0 Å². The number of fused-ring (bicyclic) bond motifs is 1. The van der Waals surface area contributed by atoms with Crippen LogP contribution in [0.4, 0.5) is 11.4 Å². The summed E-state index contributed by atoms with van der Waals surface area (Å²) in [5, 5.41) is 11.8. The first kappa shape index (κ1) is 16.3. The van der Waals surface area contributed by atoms with Gasteiger partial charge in [-0.3, -0.25) is 14.4 Å². The summed E-state index contributed by atoms with van der Waals surface area (Å²) in [5.41, 5.74) is 1.83. The number of nitrogens with one attached hydrogen (secondary N) is 1. The monoisotopic (exact) mass is 350 g/mol. The zero-order valence-corrected chi connectivity index (χ0v) is 14.1. The number of benzene rings is 2. The summed E-state index contributed by atoms with van der Waals surface area (Å²) < 4.78 is 0. The van der Waals surface area contributed by atoms with Crippen molar-refractivity contribution in [2.24, 2.45) is 5.41 Å². The van der Waals surface area contributed by atoms with Crippen molar-refractivity contribution < 1.29 is 19.5 Å². The Bertz CT molecular complexity index is 900. The van der Waals surface area contributed by atoms with Crippen molar-refractivity contribution in [3.8, 4) is 0 Å². The van der Waals surface area contributed by atoms with E-state index in [-0.39, 0.29) is 5.91 Å². The molecule has 1 aliphatic carbocycles. The molecule has 2 amide bonds. The molecule has 1 heterocycles. The molecule has 0 bridgehead atoms. The fraction of sp³-hybridized carbons (Fsp3) is 0.250. The number of carboxylic acid groups (broad SMARTS) is 1. The number of carboxylic acids is 1. The number of amides is 2. The van der Waals surface area contributed by atoms with Crippen LogP contribution < -0.4 is 10.2 Å². The second-order valence-electron chi connectivity index (χ2n) is 6.75. The minimum absolute atomic E-state index is 0.0861. The van der Waals surface area contributed by atoms with Gasteiger partial charge in [0, 0.05) is 23.5 Å². The number of para-hydroxylation sites is 1. The van der Waals surface area contributed by atoms with E-state index in [2.05, 4.69) is 5.32 Å². The average Bonchev–Trinajstić information content (AvgIpc) is 3.36. The zero-order valence-electron chi connectivity index (χ0n) is 14.1. The Morgan fingerprint density at radius 2 is 1.69 bits per heavy atom. The van der Waals surface area contributed by atoms with Crippen LogP contribution in [0.15, 0.2) is 48.5 Å². The van der Waals surface area contributed by atoms with Gasteiger partial charge in [-0.2, -0.15) is 0 Å². The molecular weight excluding hydrogens is 332 g/mol. The highest BCUT2D eigenvalue weighted by Gasteiger charge is 2.57. The van der Waals surface area contributed by atoms with Gasteiger partial charge in [-0.05, 0) is 55.2 Å². The standard InChI is InChI=1S/C20H18N2O4/c23-17(22-12-9-13-3-1-2-4-16(13)22)14-5-7-15(8-6-14)21-18(24)20(10-11-20)19(25)26/h1-8H,9-12H2,(H,21,24)(H,25,26). The molecule has 132 valence electrons. The third-order valence-electron chi connectivity index (χ3n) is 5.12. The lowest BCUT2D eigenvalue weighted by molar-refractivity contribution is -0.147. The first-order valence-electron chi connectivity index (χ1n) is 8.56. The van der Waals surface area contributed by atoms with Gasteiger partial charge < -0.3 is 15.3 Å². The normalized spacial score (nSPS) is 16.7. The molecule has 0 aromatic heterocycles. The number of hydrogen-bond donors (Lipinski definition) is 2. The van der Waals surface area contributed by atoms with Gasteiger partial charge in [0.15, 0.2) is 0 Å². The first-order valence-corrected chi connectivity index (χ1v) is 8.56. The van der Waals surface area contributed by atoms with Crippen molar-refractivity contribution in [2.45, 2.75) is 19.3 Å². The maximum Gasteiger partial charge on any atom is 0.319 e. The quantitative estimate of drug-likeness (QED) is 0.830. The van der Waals surface area contributed by atoms with Crippen molar-refractivity contribution >= 4 is 29.2 Å². The predicted molar refractivity (Wildman–Crippen MR) is 96.2 cm³/mol. The Hall–Kier alpha value is -3.15. The summed E-state index contributed by atoms with van der Waals surface area (Å²) in [4.78, 5) is 37.9. The highest BCUT2D eigenvalue weighted by molar-refractivity contribution is 6.11. The van der Waals surface area contributed by atoms with Crippen molar-refractivity contribution in [1.29, 1.82) is 0 Å². The Morgan fingerprint density at radius 1 is 1.00 bits per heavy atom. The molecule has 26 heavy (non-hydrogen) atoms. The molecule has 0 radical (unpaired) electrons. The zero-order chi connectivity index (χ0) is 18.3. The van der Waals surface area contributed by atoms with Crippen LogP contribution in [0.1, 0.15) is 28.8 Å². The van der Waals surface area contributed by atoms with Crippen LogP contribution >= 0.6 is 0 Å². The van der Waals surface area contributed by atoms with Crippen LogP contribution in [0.3, 0.4) is 0 Å². The Morgan fingerprint density at radius 3 is 2.35 bits per heavy atom. The van der Waals surface area contributed by atoms with Crippen LogP contribution in [-0.4, -0.2) is 29.4 Å². The fourth-order valence-corrected chi connectivity index (χ4v) is 3.31. The third-order valence-corrected chi connectivity index (χ3v) is 5.12. The maximum atomic E-state index is 12.8. The number of nitrogens with zero attached hydrogens (tertiary/aromatic N) is 1. The number of carbonyl (C=O) groups excluding carboxylic acids is 2. The van der Waals surface area contributed by atoms with E-state index in [9.17, 15) is 14.4 Å². The molecule has 2 aliphatic rings. The van der Waals surface area contributed by atoms with Crippen molar-refractivity contribution in [3.63, 3.8) is 0 Å². The number of aliphatic carboxylic acids is 1. The summed E-state index contributed by atoms with van der Waals surface area (Å²) in [6.45, 7) is 0.651. The molecule has 1 saturated carbocycles.